The molecule has 0 fully saturated rings. The molecule has 6 nitrogen and oxygen atoms in total. The Balaban J connectivity index is 1.50. The number of benzene rings is 2. The first-order valence-corrected chi connectivity index (χ1v) is 10.3. The predicted octanol–water partition coefficient (Wildman–Crippen LogP) is 4.03. The van der Waals surface area contributed by atoms with Gasteiger partial charge >= 0.3 is 0 Å². The fourth-order valence-corrected chi connectivity index (χ4v) is 3.18. The largest absolute Gasteiger partial charge is 0.487 e. The van der Waals surface area contributed by atoms with Gasteiger partial charge in [-0.1, -0.05) is 40.2 Å². The van der Waals surface area contributed by atoms with E-state index in [9.17, 15) is 9.59 Å². The van der Waals surface area contributed by atoms with Crippen LogP contribution in [0.3, 0.4) is 0 Å². The second-order valence-electron chi connectivity index (χ2n) is 6.66. The first-order valence-electron chi connectivity index (χ1n) is 9.47. The maximum atomic E-state index is 12.3. The number of pyridine rings is 1. The van der Waals surface area contributed by atoms with Crippen LogP contribution in [0, 0.1) is 0 Å². The summed E-state index contributed by atoms with van der Waals surface area (Å²) in [4.78, 5) is 28.6. The third-order valence-electron chi connectivity index (χ3n) is 4.34. The van der Waals surface area contributed by atoms with Crippen molar-refractivity contribution in [2.24, 2.45) is 0 Å². The molecule has 1 aromatic heterocycles. The van der Waals surface area contributed by atoms with Gasteiger partial charge in [-0.3, -0.25) is 14.6 Å². The fourth-order valence-electron chi connectivity index (χ4n) is 2.78. The third kappa shape index (κ3) is 6.42. The summed E-state index contributed by atoms with van der Waals surface area (Å²) in [7, 11) is 0. The van der Waals surface area contributed by atoms with Gasteiger partial charge in [0.25, 0.3) is 5.91 Å². The van der Waals surface area contributed by atoms with Gasteiger partial charge in [-0.15, -0.1) is 0 Å². The highest BCUT2D eigenvalue weighted by atomic mass is 79.9. The Morgan fingerprint density at radius 1 is 1.07 bits per heavy atom. The first kappa shape index (κ1) is 21.5. The van der Waals surface area contributed by atoms with Gasteiger partial charge in [0.15, 0.2) is 0 Å². The van der Waals surface area contributed by atoms with Crippen molar-refractivity contribution in [3.05, 3.63) is 94.2 Å². The number of ether oxygens (including phenoxy) is 1. The molecule has 0 aliphatic heterocycles. The third-order valence-corrected chi connectivity index (χ3v) is 4.84. The minimum Gasteiger partial charge on any atom is -0.487 e. The van der Waals surface area contributed by atoms with Crippen LogP contribution in [0.4, 0.5) is 0 Å². The van der Waals surface area contributed by atoms with Crippen LogP contribution in [-0.4, -0.2) is 23.3 Å². The number of hydrogen-bond donors (Lipinski definition) is 2. The summed E-state index contributed by atoms with van der Waals surface area (Å²) in [6, 6.07) is 20.0. The Morgan fingerprint density at radius 2 is 1.90 bits per heavy atom. The van der Waals surface area contributed by atoms with Gasteiger partial charge < -0.3 is 15.4 Å². The van der Waals surface area contributed by atoms with Crippen molar-refractivity contribution in [3.63, 3.8) is 0 Å². The average molecular weight is 468 g/mol. The van der Waals surface area contributed by atoms with E-state index in [1.54, 1.807) is 24.4 Å². The quantitative estimate of drug-likeness (QED) is 0.523. The lowest BCUT2D eigenvalue weighted by Crippen LogP contribution is -2.38. The van der Waals surface area contributed by atoms with E-state index >= 15 is 0 Å². The van der Waals surface area contributed by atoms with Crippen LogP contribution < -0.4 is 15.4 Å². The van der Waals surface area contributed by atoms with E-state index in [0.29, 0.717) is 17.9 Å². The number of amides is 2. The molecule has 30 heavy (non-hydrogen) atoms. The highest BCUT2D eigenvalue weighted by Crippen LogP contribution is 2.20. The highest BCUT2D eigenvalue weighted by Gasteiger charge is 2.12. The molecule has 3 rings (SSSR count). The minimum absolute atomic E-state index is 0.106. The molecule has 154 valence electrons. The zero-order valence-electron chi connectivity index (χ0n) is 16.5. The molecule has 0 aliphatic carbocycles. The second-order valence-corrected chi connectivity index (χ2v) is 7.58. The van der Waals surface area contributed by atoms with Crippen molar-refractivity contribution in [2.45, 2.75) is 19.6 Å². The SMILES string of the molecule is CC(NC(=O)CNC(=O)c1cccc(Br)c1)c1cccc(OCc2ccccn2)c1. The summed E-state index contributed by atoms with van der Waals surface area (Å²) in [5.74, 6) is 0.122. The molecule has 0 saturated heterocycles. The van der Waals surface area contributed by atoms with E-state index in [0.717, 1.165) is 15.7 Å². The maximum absolute atomic E-state index is 12.3. The zero-order valence-corrected chi connectivity index (χ0v) is 18.1. The number of carbonyl (C=O) groups is 2. The van der Waals surface area contributed by atoms with E-state index in [4.69, 9.17) is 4.74 Å². The van der Waals surface area contributed by atoms with E-state index < -0.39 is 0 Å². The summed E-state index contributed by atoms with van der Waals surface area (Å²) < 4.78 is 6.59. The summed E-state index contributed by atoms with van der Waals surface area (Å²) in [5, 5.41) is 5.51. The molecule has 0 bridgehead atoms. The topological polar surface area (TPSA) is 80.3 Å². The molecule has 0 aliphatic rings. The summed E-state index contributed by atoms with van der Waals surface area (Å²) in [5.41, 5.74) is 2.23. The van der Waals surface area contributed by atoms with Gasteiger partial charge in [-0.05, 0) is 55.0 Å². The van der Waals surface area contributed by atoms with Crippen LogP contribution in [0.15, 0.2) is 77.4 Å². The molecule has 1 unspecified atom stereocenters. The predicted molar refractivity (Wildman–Crippen MR) is 118 cm³/mol. The van der Waals surface area contributed by atoms with E-state index in [-0.39, 0.29) is 24.4 Å². The summed E-state index contributed by atoms with van der Waals surface area (Å²) in [6.07, 6.45) is 1.72. The molecule has 2 aromatic carbocycles. The lowest BCUT2D eigenvalue weighted by molar-refractivity contribution is -0.120. The molecule has 1 atom stereocenters. The van der Waals surface area contributed by atoms with Gasteiger partial charge in [0.05, 0.1) is 18.3 Å². The molecule has 2 N–H and O–H groups in total. The molecule has 0 radical (unpaired) electrons. The number of carbonyl (C=O) groups excluding carboxylic acids is 2. The number of nitrogens with one attached hydrogen (secondary N) is 2. The minimum atomic E-state index is -0.302. The van der Waals surface area contributed by atoms with Gasteiger partial charge in [-0.25, -0.2) is 0 Å². The molecule has 2 amide bonds. The lowest BCUT2D eigenvalue weighted by atomic mass is 10.1. The van der Waals surface area contributed by atoms with Crippen LogP contribution in [0.1, 0.15) is 34.6 Å². The Hall–Kier alpha value is -3.19. The molecule has 3 aromatic rings. The highest BCUT2D eigenvalue weighted by molar-refractivity contribution is 9.10. The maximum Gasteiger partial charge on any atom is 0.251 e. The van der Waals surface area contributed by atoms with E-state index in [1.165, 1.54) is 0 Å². The van der Waals surface area contributed by atoms with E-state index in [1.807, 2.05) is 55.5 Å². The monoisotopic (exact) mass is 467 g/mol. The molecule has 0 saturated carbocycles. The number of halogens is 1. The molecular weight excluding hydrogens is 446 g/mol. The van der Waals surface area contributed by atoms with Crippen LogP contribution >= 0.6 is 15.9 Å². The smallest absolute Gasteiger partial charge is 0.251 e. The summed E-state index contributed by atoms with van der Waals surface area (Å²) in [6.45, 7) is 2.14. The van der Waals surface area contributed by atoms with E-state index in [2.05, 4.69) is 31.5 Å². The van der Waals surface area contributed by atoms with Gasteiger partial charge in [0, 0.05) is 16.2 Å². The van der Waals surface area contributed by atoms with Gasteiger partial charge in [-0.2, -0.15) is 0 Å². The fraction of sp³-hybridized carbons (Fsp3) is 0.174. The van der Waals surface area contributed by atoms with Crippen molar-refractivity contribution < 1.29 is 14.3 Å². The Bertz CT molecular complexity index is 1010. The Morgan fingerprint density at radius 3 is 2.67 bits per heavy atom. The number of hydrogen-bond acceptors (Lipinski definition) is 4. The van der Waals surface area contributed by atoms with Crippen molar-refractivity contribution in [2.75, 3.05) is 6.54 Å². The Labute approximate surface area is 183 Å². The number of nitrogens with zero attached hydrogens (tertiary/aromatic N) is 1. The lowest BCUT2D eigenvalue weighted by Gasteiger charge is -2.16. The average Bonchev–Trinajstić information content (AvgIpc) is 2.77. The number of rotatable bonds is 8. The van der Waals surface area contributed by atoms with Gasteiger partial charge in [0.1, 0.15) is 12.4 Å². The molecule has 1 heterocycles. The van der Waals surface area contributed by atoms with Crippen molar-refractivity contribution in [1.82, 2.24) is 15.6 Å². The van der Waals surface area contributed by atoms with Crippen LogP contribution in [0.5, 0.6) is 5.75 Å². The van der Waals surface area contributed by atoms with Crippen molar-refractivity contribution >= 4 is 27.7 Å². The summed E-state index contributed by atoms with van der Waals surface area (Å²) >= 11 is 3.33. The van der Waals surface area contributed by atoms with Crippen molar-refractivity contribution in [1.29, 1.82) is 0 Å². The first-order chi connectivity index (χ1) is 14.5. The molecular formula is C23H22BrN3O3. The Kier molecular flexibility index (Phi) is 7.57. The standard InChI is InChI=1S/C23H22BrN3O3/c1-16(27-22(28)14-26-23(29)18-7-4-8-19(24)12-18)17-6-5-10-21(13-17)30-15-20-9-2-3-11-25-20/h2-13,16H,14-15H2,1H3,(H,26,29)(H,27,28). The van der Waals surface area contributed by atoms with Gasteiger partial charge in [0.2, 0.25) is 5.91 Å². The molecule has 7 heteroatoms. The van der Waals surface area contributed by atoms with Crippen molar-refractivity contribution in [3.8, 4) is 5.75 Å². The number of aromatic nitrogens is 1. The normalized spacial score (nSPS) is 11.4. The van der Waals surface area contributed by atoms with Crippen LogP contribution in [0.2, 0.25) is 0 Å². The van der Waals surface area contributed by atoms with Crippen LogP contribution in [0.25, 0.3) is 0 Å². The second kappa shape index (κ2) is 10.5. The van der Waals surface area contributed by atoms with Crippen LogP contribution in [-0.2, 0) is 11.4 Å². The zero-order chi connectivity index (χ0) is 21.3. The molecule has 0 spiro atoms.